The molecule has 1 aliphatic heterocycles. The third-order valence-corrected chi connectivity index (χ3v) is 3.42. The highest BCUT2D eigenvalue weighted by Crippen LogP contribution is 2.19. The van der Waals surface area contributed by atoms with Gasteiger partial charge in [0.05, 0.1) is 0 Å². The number of benzene rings is 1. The molecule has 1 aromatic rings. The highest BCUT2D eigenvalue weighted by Gasteiger charge is 2.10. The molecule has 1 aromatic carbocycles. The van der Waals surface area contributed by atoms with Gasteiger partial charge in [-0.05, 0) is 56.1 Å². The van der Waals surface area contributed by atoms with Crippen molar-refractivity contribution in [3.05, 3.63) is 29.3 Å². The van der Waals surface area contributed by atoms with Crippen molar-refractivity contribution >= 4 is 0 Å². The van der Waals surface area contributed by atoms with Crippen molar-refractivity contribution in [3.63, 3.8) is 0 Å². The molecule has 2 rings (SSSR count). The van der Waals surface area contributed by atoms with Crippen LogP contribution in [-0.4, -0.2) is 23.1 Å². The molecule has 0 bridgehead atoms. The molecule has 16 heavy (non-hydrogen) atoms. The molecular weight excluding hydrogens is 198 g/mol. The number of nitrogens with zero attached hydrogens (tertiary/aromatic N) is 1. The molecule has 2 heteroatoms. The summed E-state index contributed by atoms with van der Waals surface area (Å²) >= 11 is 0. The third-order valence-electron chi connectivity index (χ3n) is 3.42. The van der Waals surface area contributed by atoms with E-state index in [1.807, 2.05) is 6.07 Å². The summed E-state index contributed by atoms with van der Waals surface area (Å²) in [5.74, 6) is 0.372. The van der Waals surface area contributed by atoms with Crippen molar-refractivity contribution in [2.75, 3.05) is 13.1 Å². The molecule has 1 fully saturated rings. The molecule has 1 aliphatic rings. The van der Waals surface area contributed by atoms with E-state index in [1.165, 1.54) is 49.9 Å². The number of aromatic hydroxyl groups is 1. The van der Waals surface area contributed by atoms with Crippen LogP contribution in [-0.2, 0) is 6.54 Å². The Bertz CT molecular complexity index is 341. The molecule has 2 nitrogen and oxygen atoms in total. The lowest BCUT2D eigenvalue weighted by atomic mass is 10.1. The SMILES string of the molecule is Cc1cc(O)ccc1CN1CCCCCC1. The van der Waals surface area contributed by atoms with Gasteiger partial charge < -0.3 is 5.11 Å². The molecule has 0 atom stereocenters. The van der Waals surface area contributed by atoms with E-state index < -0.39 is 0 Å². The van der Waals surface area contributed by atoms with Gasteiger partial charge in [-0.1, -0.05) is 18.9 Å². The van der Waals surface area contributed by atoms with Gasteiger partial charge >= 0.3 is 0 Å². The minimum Gasteiger partial charge on any atom is -0.508 e. The Morgan fingerprint density at radius 3 is 2.44 bits per heavy atom. The highest BCUT2D eigenvalue weighted by molar-refractivity contribution is 5.33. The first-order valence-corrected chi connectivity index (χ1v) is 6.26. The normalized spacial score (nSPS) is 18.3. The summed E-state index contributed by atoms with van der Waals surface area (Å²) in [6, 6.07) is 5.70. The monoisotopic (exact) mass is 219 g/mol. The lowest BCUT2D eigenvalue weighted by Gasteiger charge is -2.20. The van der Waals surface area contributed by atoms with Gasteiger partial charge in [0, 0.05) is 6.54 Å². The highest BCUT2D eigenvalue weighted by atomic mass is 16.3. The van der Waals surface area contributed by atoms with Gasteiger partial charge in [-0.15, -0.1) is 0 Å². The van der Waals surface area contributed by atoms with Crippen LogP contribution in [0.5, 0.6) is 5.75 Å². The van der Waals surface area contributed by atoms with Crippen molar-refractivity contribution in [2.45, 2.75) is 39.2 Å². The minimum atomic E-state index is 0.372. The van der Waals surface area contributed by atoms with Crippen LogP contribution in [0.4, 0.5) is 0 Å². The van der Waals surface area contributed by atoms with Crippen molar-refractivity contribution in [2.24, 2.45) is 0 Å². The van der Waals surface area contributed by atoms with Crippen LogP contribution in [0.3, 0.4) is 0 Å². The third kappa shape index (κ3) is 2.99. The molecule has 0 aromatic heterocycles. The summed E-state index contributed by atoms with van der Waals surface area (Å²) in [5.41, 5.74) is 2.55. The van der Waals surface area contributed by atoms with Crippen LogP contribution in [0.2, 0.25) is 0 Å². The van der Waals surface area contributed by atoms with Gasteiger partial charge in [-0.3, -0.25) is 4.90 Å². The summed E-state index contributed by atoms with van der Waals surface area (Å²) in [6.07, 6.45) is 5.42. The smallest absolute Gasteiger partial charge is 0.115 e. The van der Waals surface area contributed by atoms with Gasteiger partial charge in [0.2, 0.25) is 0 Å². The number of aryl methyl sites for hydroxylation is 1. The number of phenolic OH excluding ortho intramolecular Hbond substituents is 1. The second kappa shape index (κ2) is 5.35. The van der Waals surface area contributed by atoms with E-state index in [2.05, 4.69) is 17.9 Å². The van der Waals surface area contributed by atoms with Gasteiger partial charge in [0.25, 0.3) is 0 Å². The fourth-order valence-electron chi connectivity index (χ4n) is 2.39. The number of likely N-dealkylation sites (tertiary alicyclic amines) is 1. The molecule has 0 aliphatic carbocycles. The van der Waals surface area contributed by atoms with Gasteiger partial charge in [0.1, 0.15) is 5.75 Å². The predicted octanol–water partition coefficient (Wildman–Crippen LogP) is 3.08. The Kier molecular flexibility index (Phi) is 3.83. The zero-order valence-corrected chi connectivity index (χ0v) is 10.1. The summed E-state index contributed by atoms with van der Waals surface area (Å²) in [7, 11) is 0. The van der Waals surface area contributed by atoms with E-state index in [1.54, 1.807) is 6.07 Å². The molecule has 0 saturated carbocycles. The zero-order valence-electron chi connectivity index (χ0n) is 10.1. The summed E-state index contributed by atoms with van der Waals surface area (Å²) in [4.78, 5) is 2.53. The fraction of sp³-hybridized carbons (Fsp3) is 0.571. The summed E-state index contributed by atoms with van der Waals surface area (Å²) < 4.78 is 0. The molecule has 88 valence electrons. The topological polar surface area (TPSA) is 23.5 Å². The average molecular weight is 219 g/mol. The first-order chi connectivity index (χ1) is 7.75. The number of phenols is 1. The molecule has 0 amide bonds. The van der Waals surface area contributed by atoms with E-state index in [0.717, 1.165) is 6.54 Å². The lowest BCUT2D eigenvalue weighted by molar-refractivity contribution is 0.276. The molecule has 1 heterocycles. The Morgan fingerprint density at radius 2 is 1.81 bits per heavy atom. The summed E-state index contributed by atoms with van der Waals surface area (Å²) in [5, 5.41) is 9.37. The quantitative estimate of drug-likeness (QED) is 0.826. The number of hydrogen-bond acceptors (Lipinski definition) is 2. The number of rotatable bonds is 2. The first-order valence-electron chi connectivity index (χ1n) is 6.26. The molecule has 0 spiro atoms. The Hall–Kier alpha value is -1.02. The lowest BCUT2D eigenvalue weighted by Crippen LogP contribution is -2.24. The van der Waals surface area contributed by atoms with Gasteiger partial charge in [-0.25, -0.2) is 0 Å². The van der Waals surface area contributed by atoms with Crippen molar-refractivity contribution in [3.8, 4) is 5.75 Å². The van der Waals surface area contributed by atoms with Crippen LogP contribution >= 0.6 is 0 Å². The Balaban J connectivity index is 2.01. The molecule has 1 saturated heterocycles. The van der Waals surface area contributed by atoms with E-state index in [0.29, 0.717) is 5.75 Å². The van der Waals surface area contributed by atoms with Gasteiger partial charge in [0.15, 0.2) is 0 Å². The first kappa shape index (κ1) is 11.5. The van der Waals surface area contributed by atoms with Crippen LogP contribution < -0.4 is 0 Å². The van der Waals surface area contributed by atoms with E-state index in [-0.39, 0.29) is 0 Å². The Labute approximate surface area is 97.9 Å². The van der Waals surface area contributed by atoms with Crippen molar-refractivity contribution < 1.29 is 5.11 Å². The second-order valence-corrected chi connectivity index (χ2v) is 4.80. The van der Waals surface area contributed by atoms with Crippen LogP contribution in [0, 0.1) is 6.92 Å². The zero-order chi connectivity index (χ0) is 11.4. The van der Waals surface area contributed by atoms with E-state index in [9.17, 15) is 5.11 Å². The van der Waals surface area contributed by atoms with Gasteiger partial charge in [-0.2, -0.15) is 0 Å². The maximum absolute atomic E-state index is 9.37. The average Bonchev–Trinajstić information content (AvgIpc) is 2.51. The maximum Gasteiger partial charge on any atom is 0.115 e. The molecular formula is C14H21NO. The second-order valence-electron chi connectivity index (χ2n) is 4.80. The summed E-state index contributed by atoms with van der Waals surface area (Å²) in [6.45, 7) is 5.56. The number of hydrogen-bond donors (Lipinski definition) is 1. The fourth-order valence-corrected chi connectivity index (χ4v) is 2.39. The predicted molar refractivity (Wildman–Crippen MR) is 66.6 cm³/mol. The molecule has 0 radical (unpaired) electrons. The van der Waals surface area contributed by atoms with Crippen LogP contribution in [0.25, 0.3) is 0 Å². The standard InChI is InChI=1S/C14H21NO/c1-12-10-14(16)7-6-13(12)11-15-8-4-2-3-5-9-15/h6-7,10,16H,2-5,8-9,11H2,1H3. The van der Waals surface area contributed by atoms with Crippen LogP contribution in [0.1, 0.15) is 36.8 Å². The van der Waals surface area contributed by atoms with E-state index >= 15 is 0 Å². The molecule has 1 N–H and O–H groups in total. The maximum atomic E-state index is 9.37. The minimum absolute atomic E-state index is 0.372. The molecule has 0 unspecified atom stereocenters. The largest absolute Gasteiger partial charge is 0.508 e. The Morgan fingerprint density at radius 1 is 1.12 bits per heavy atom. The van der Waals surface area contributed by atoms with E-state index in [4.69, 9.17) is 0 Å². The van der Waals surface area contributed by atoms with Crippen molar-refractivity contribution in [1.82, 2.24) is 4.90 Å². The van der Waals surface area contributed by atoms with Crippen molar-refractivity contribution in [1.29, 1.82) is 0 Å². The van der Waals surface area contributed by atoms with Crippen LogP contribution in [0.15, 0.2) is 18.2 Å².